The molecule has 1 heterocycles. The van der Waals surface area contributed by atoms with E-state index < -0.39 is 0 Å². The maximum Gasteiger partial charge on any atom is 0.160 e. The van der Waals surface area contributed by atoms with Gasteiger partial charge in [-0.05, 0) is 92.7 Å². The smallest absolute Gasteiger partial charge is 0.160 e. The predicted octanol–water partition coefficient (Wildman–Crippen LogP) is 13.6. The van der Waals surface area contributed by atoms with Crippen LogP contribution in [0.2, 0.25) is 0 Å². The van der Waals surface area contributed by atoms with E-state index in [-0.39, 0.29) is 5.41 Å². The molecule has 0 bridgehead atoms. The minimum Gasteiger partial charge on any atom is -0.228 e. The Bertz CT molecular complexity index is 2700. The normalized spacial score (nSPS) is 13.8. The summed E-state index contributed by atoms with van der Waals surface area (Å²) >= 11 is 0. The largest absolute Gasteiger partial charge is 0.228 e. The van der Waals surface area contributed by atoms with Crippen molar-refractivity contribution in [3.05, 3.63) is 193 Å². The summed E-state index contributed by atoms with van der Waals surface area (Å²) in [6, 6.07) is 64.7. The summed E-state index contributed by atoms with van der Waals surface area (Å²) in [6.45, 7) is 0. The fourth-order valence-electron chi connectivity index (χ4n) is 9.18. The monoisotopic (exact) mass is 717 g/mol. The zero-order valence-electron chi connectivity index (χ0n) is 31.1. The van der Waals surface area contributed by atoms with Crippen LogP contribution in [-0.2, 0) is 5.41 Å². The van der Waals surface area contributed by atoms with E-state index in [1.807, 2.05) is 42.5 Å². The first-order chi connectivity index (χ1) is 27.7. The zero-order valence-corrected chi connectivity index (χ0v) is 31.1. The molecule has 8 aromatic rings. The Labute approximate surface area is 328 Å². The molecule has 56 heavy (non-hydrogen) atoms. The van der Waals surface area contributed by atoms with Crippen molar-refractivity contribution in [3.63, 3.8) is 0 Å². The molecular formula is C53H39N3. The lowest BCUT2D eigenvalue weighted by molar-refractivity contribution is 0.353. The first-order valence-electron chi connectivity index (χ1n) is 19.7. The highest BCUT2D eigenvalue weighted by molar-refractivity contribution is 5.94. The maximum atomic E-state index is 9.85. The van der Waals surface area contributed by atoms with Crippen LogP contribution in [0, 0.1) is 11.3 Å². The van der Waals surface area contributed by atoms with Gasteiger partial charge in [0.25, 0.3) is 0 Å². The third kappa shape index (κ3) is 5.92. The number of nitrogens with zero attached hydrogens (tertiary/aromatic N) is 3. The Balaban J connectivity index is 0.954. The second-order valence-electron chi connectivity index (χ2n) is 15.2. The maximum absolute atomic E-state index is 9.85. The van der Waals surface area contributed by atoms with Crippen molar-refractivity contribution >= 4 is 0 Å². The van der Waals surface area contributed by atoms with Crippen molar-refractivity contribution in [1.29, 1.82) is 5.26 Å². The van der Waals surface area contributed by atoms with E-state index in [2.05, 4.69) is 140 Å². The second-order valence-corrected chi connectivity index (χ2v) is 15.2. The van der Waals surface area contributed by atoms with Gasteiger partial charge in [0.1, 0.15) is 0 Å². The van der Waals surface area contributed by atoms with Crippen molar-refractivity contribution in [2.24, 2.45) is 0 Å². The molecule has 1 spiro atoms. The molecule has 2 aliphatic carbocycles. The average molecular weight is 718 g/mol. The van der Waals surface area contributed by atoms with E-state index in [0.29, 0.717) is 5.82 Å². The lowest BCUT2D eigenvalue weighted by Gasteiger charge is -2.36. The van der Waals surface area contributed by atoms with Gasteiger partial charge in [-0.3, -0.25) is 0 Å². The van der Waals surface area contributed by atoms with Crippen LogP contribution in [0.25, 0.3) is 78.4 Å². The molecule has 0 saturated heterocycles. The minimum atomic E-state index is 0.0452. The molecule has 2 aliphatic rings. The molecule has 1 saturated carbocycles. The molecule has 0 aliphatic heterocycles. The molecule has 0 N–H and O–H groups in total. The first-order valence-corrected chi connectivity index (χ1v) is 19.7. The van der Waals surface area contributed by atoms with Crippen LogP contribution in [0.5, 0.6) is 0 Å². The quantitative estimate of drug-likeness (QED) is 0.172. The number of nitriles is 1. The Morgan fingerprint density at radius 1 is 0.411 bits per heavy atom. The summed E-state index contributed by atoms with van der Waals surface area (Å²) < 4.78 is 0. The molecule has 0 atom stereocenters. The second kappa shape index (κ2) is 14.1. The fourth-order valence-corrected chi connectivity index (χ4v) is 9.18. The molecule has 0 radical (unpaired) electrons. The molecule has 0 unspecified atom stereocenters. The van der Waals surface area contributed by atoms with Gasteiger partial charge in [-0.25, -0.2) is 9.97 Å². The van der Waals surface area contributed by atoms with E-state index >= 15 is 0 Å². The SMILES string of the molecule is N#Cc1ccc2c(c1)-c1c(-c3cccc(-c4ccc(-c5ccc(-c6cc(-c7ccccc7)nc(-c7ccccc7)n6)cc5)cc4)c3)cccc1C21CCCCC1. The Hall–Kier alpha value is -6.89. The molecule has 1 fully saturated rings. The number of rotatable bonds is 6. The van der Waals surface area contributed by atoms with Crippen LogP contribution in [-0.4, -0.2) is 9.97 Å². The summed E-state index contributed by atoms with van der Waals surface area (Å²) in [4.78, 5) is 9.96. The fraction of sp³-hybridized carbons (Fsp3) is 0.113. The number of aromatic nitrogens is 2. The number of hydrogen-bond acceptors (Lipinski definition) is 3. The van der Waals surface area contributed by atoms with Crippen molar-refractivity contribution in [2.45, 2.75) is 37.5 Å². The van der Waals surface area contributed by atoms with Gasteiger partial charge in [-0.1, -0.05) is 171 Å². The summed E-state index contributed by atoms with van der Waals surface area (Å²) in [5.41, 5.74) is 18.2. The molecule has 266 valence electrons. The van der Waals surface area contributed by atoms with Crippen LogP contribution in [0.4, 0.5) is 0 Å². The van der Waals surface area contributed by atoms with Gasteiger partial charge < -0.3 is 0 Å². The summed E-state index contributed by atoms with van der Waals surface area (Å²) in [7, 11) is 0. The number of fused-ring (bicyclic) bond motifs is 5. The van der Waals surface area contributed by atoms with Crippen LogP contribution in [0.1, 0.15) is 48.8 Å². The van der Waals surface area contributed by atoms with Gasteiger partial charge in [0.05, 0.1) is 23.0 Å². The van der Waals surface area contributed by atoms with Gasteiger partial charge in [-0.15, -0.1) is 0 Å². The Morgan fingerprint density at radius 3 is 1.62 bits per heavy atom. The van der Waals surface area contributed by atoms with Crippen molar-refractivity contribution in [2.75, 3.05) is 0 Å². The summed E-state index contributed by atoms with van der Waals surface area (Å²) in [6.07, 6.45) is 6.12. The number of benzene rings is 7. The lowest BCUT2D eigenvalue weighted by Crippen LogP contribution is -2.28. The molecule has 7 aromatic carbocycles. The third-order valence-corrected chi connectivity index (χ3v) is 12.0. The highest BCUT2D eigenvalue weighted by atomic mass is 14.9. The van der Waals surface area contributed by atoms with Crippen molar-refractivity contribution in [3.8, 4) is 84.5 Å². The van der Waals surface area contributed by atoms with Gasteiger partial charge >= 0.3 is 0 Å². The van der Waals surface area contributed by atoms with Crippen molar-refractivity contribution < 1.29 is 0 Å². The molecule has 3 nitrogen and oxygen atoms in total. The summed E-state index contributed by atoms with van der Waals surface area (Å²) in [5.74, 6) is 0.716. The van der Waals surface area contributed by atoms with Gasteiger partial charge in [-0.2, -0.15) is 5.26 Å². The molecule has 10 rings (SSSR count). The molecule has 1 aromatic heterocycles. The van der Waals surface area contributed by atoms with E-state index in [1.165, 1.54) is 76.6 Å². The van der Waals surface area contributed by atoms with Crippen LogP contribution in [0.3, 0.4) is 0 Å². The van der Waals surface area contributed by atoms with E-state index in [1.54, 1.807) is 0 Å². The van der Waals surface area contributed by atoms with Crippen molar-refractivity contribution in [1.82, 2.24) is 9.97 Å². The highest BCUT2D eigenvalue weighted by Gasteiger charge is 2.44. The Kier molecular flexibility index (Phi) is 8.46. The zero-order chi connectivity index (χ0) is 37.5. The standard InChI is InChI=1S/C53H39N3/c54-35-36-20-29-47-46(32-36)51-45(18-11-19-48(51)53(47)30-8-3-9-31-53)44-17-10-16-43(33-44)39-23-21-37(22-24-39)38-25-27-41(28-26-38)50-34-49(40-12-4-1-5-13-40)55-52(56-50)42-14-6-2-7-15-42/h1-2,4-7,10-29,32-34H,3,8-9,30-31H2. The van der Waals surface area contributed by atoms with Crippen LogP contribution in [0.15, 0.2) is 176 Å². The summed E-state index contributed by atoms with van der Waals surface area (Å²) in [5, 5.41) is 9.85. The topological polar surface area (TPSA) is 49.6 Å². The predicted molar refractivity (Wildman–Crippen MR) is 229 cm³/mol. The third-order valence-electron chi connectivity index (χ3n) is 12.0. The van der Waals surface area contributed by atoms with E-state index in [9.17, 15) is 5.26 Å². The van der Waals surface area contributed by atoms with E-state index in [4.69, 9.17) is 9.97 Å². The minimum absolute atomic E-state index is 0.0452. The first kappa shape index (κ1) is 33.7. The van der Waals surface area contributed by atoms with E-state index in [0.717, 1.165) is 44.8 Å². The number of hydrogen-bond donors (Lipinski definition) is 0. The van der Waals surface area contributed by atoms with Gasteiger partial charge in [0.2, 0.25) is 0 Å². The Morgan fingerprint density at radius 2 is 0.964 bits per heavy atom. The van der Waals surface area contributed by atoms with Crippen LogP contribution < -0.4 is 0 Å². The van der Waals surface area contributed by atoms with Gasteiger partial charge in [0, 0.05) is 22.1 Å². The molecule has 0 amide bonds. The van der Waals surface area contributed by atoms with Crippen LogP contribution >= 0.6 is 0 Å². The lowest BCUT2D eigenvalue weighted by atomic mass is 9.67. The van der Waals surface area contributed by atoms with Gasteiger partial charge in [0.15, 0.2) is 5.82 Å². The molecular weight excluding hydrogens is 679 g/mol. The molecule has 3 heteroatoms. The average Bonchev–Trinajstić information content (AvgIpc) is 3.55. The highest BCUT2D eigenvalue weighted by Crippen LogP contribution is 2.58.